The molecule has 4 rings (SSSR count). The van der Waals surface area contributed by atoms with Crippen LogP contribution < -0.4 is 5.32 Å². The summed E-state index contributed by atoms with van der Waals surface area (Å²) in [5.41, 5.74) is 1.77. The number of benzene rings is 1. The van der Waals surface area contributed by atoms with Crippen LogP contribution in [0.25, 0.3) is 0 Å². The molecule has 3 aromatic rings. The van der Waals surface area contributed by atoms with Crippen molar-refractivity contribution in [3.8, 4) is 0 Å². The van der Waals surface area contributed by atoms with Crippen LogP contribution in [0.15, 0.2) is 54.2 Å². The zero-order valence-corrected chi connectivity index (χ0v) is 15.6. The summed E-state index contributed by atoms with van der Waals surface area (Å²) >= 11 is 1.38. The molecule has 0 atom stereocenters. The Hall–Kier alpha value is -2.84. The quantitative estimate of drug-likeness (QED) is 0.733. The summed E-state index contributed by atoms with van der Waals surface area (Å²) in [7, 11) is 0. The fraction of sp³-hybridized carbons (Fsp3) is 0.263. The number of nitrogens with zero attached hydrogens (tertiary/aromatic N) is 5. The third-order valence-electron chi connectivity index (χ3n) is 4.42. The minimum absolute atomic E-state index is 0.0207. The fourth-order valence-corrected chi connectivity index (χ4v) is 3.68. The van der Waals surface area contributed by atoms with Gasteiger partial charge >= 0.3 is 0 Å². The highest BCUT2D eigenvalue weighted by molar-refractivity contribution is 7.14. The van der Waals surface area contributed by atoms with Gasteiger partial charge in [-0.1, -0.05) is 30.3 Å². The molecular formula is C19H20N6OS. The van der Waals surface area contributed by atoms with Gasteiger partial charge in [-0.3, -0.25) is 9.69 Å². The third-order valence-corrected chi connectivity index (χ3v) is 5.17. The number of anilines is 2. The maximum Gasteiger partial charge on any atom is 0.273 e. The number of hydrogen-bond donors (Lipinski definition) is 1. The third kappa shape index (κ3) is 4.47. The van der Waals surface area contributed by atoms with E-state index in [-0.39, 0.29) is 5.91 Å². The summed E-state index contributed by atoms with van der Waals surface area (Å²) in [6, 6.07) is 12.2. The lowest BCUT2D eigenvalue weighted by atomic mass is 10.2. The summed E-state index contributed by atoms with van der Waals surface area (Å²) in [6.45, 7) is 4.09. The van der Waals surface area contributed by atoms with Crippen LogP contribution in [-0.4, -0.2) is 56.8 Å². The van der Waals surface area contributed by atoms with Crippen molar-refractivity contribution in [3.05, 3.63) is 65.4 Å². The Morgan fingerprint density at radius 3 is 2.52 bits per heavy atom. The molecule has 0 radical (unpaired) electrons. The van der Waals surface area contributed by atoms with E-state index in [2.05, 4.69) is 49.4 Å². The average Bonchev–Trinajstić information content (AvgIpc) is 3.18. The van der Waals surface area contributed by atoms with Crippen LogP contribution in [0.4, 0.5) is 11.1 Å². The van der Waals surface area contributed by atoms with Crippen molar-refractivity contribution in [3.63, 3.8) is 0 Å². The average molecular weight is 380 g/mol. The monoisotopic (exact) mass is 380 g/mol. The smallest absolute Gasteiger partial charge is 0.273 e. The van der Waals surface area contributed by atoms with E-state index in [0.717, 1.165) is 19.6 Å². The first-order chi connectivity index (χ1) is 13.3. The van der Waals surface area contributed by atoms with Crippen LogP contribution in [0.1, 0.15) is 16.1 Å². The molecule has 138 valence electrons. The summed E-state index contributed by atoms with van der Waals surface area (Å²) < 4.78 is 0. The van der Waals surface area contributed by atoms with Gasteiger partial charge < -0.3 is 10.2 Å². The van der Waals surface area contributed by atoms with Gasteiger partial charge in [0.15, 0.2) is 5.13 Å². The van der Waals surface area contributed by atoms with Crippen molar-refractivity contribution < 1.29 is 4.79 Å². The largest absolute Gasteiger partial charge is 0.335 e. The van der Waals surface area contributed by atoms with E-state index in [4.69, 9.17) is 0 Å². The minimum atomic E-state index is -0.0207. The molecule has 27 heavy (non-hydrogen) atoms. The molecule has 1 aliphatic heterocycles. The number of nitrogens with one attached hydrogen (secondary N) is 1. The SMILES string of the molecule is O=C(c1csc(Nc2ncccn2)n1)N1CCN(Cc2ccccc2)CC1. The molecule has 1 aromatic carbocycles. The number of thiazole rings is 1. The van der Waals surface area contributed by atoms with Crippen LogP contribution in [-0.2, 0) is 6.54 Å². The van der Waals surface area contributed by atoms with E-state index < -0.39 is 0 Å². The van der Waals surface area contributed by atoms with E-state index in [1.807, 2.05) is 11.0 Å². The van der Waals surface area contributed by atoms with Gasteiger partial charge in [-0.15, -0.1) is 11.3 Å². The molecule has 1 fully saturated rings. The first kappa shape index (κ1) is 17.6. The molecule has 8 heteroatoms. The predicted octanol–water partition coefficient (Wildman–Crippen LogP) is 2.63. The standard InChI is InChI=1S/C19H20N6OS/c26-17(16-14-27-19(22-16)23-18-20-7-4-8-21-18)25-11-9-24(10-12-25)13-15-5-2-1-3-6-15/h1-8,14H,9-13H2,(H,20,21,22,23). The summed E-state index contributed by atoms with van der Waals surface area (Å²) in [4.78, 5) is 29.6. The van der Waals surface area contributed by atoms with E-state index in [1.54, 1.807) is 23.8 Å². The van der Waals surface area contributed by atoms with E-state index in [0.29, 0.717) is 29.9 Å². The number of carbonyl (C=O) groups is 1. The van der Waals surface area contributed by atoms with E-state index in [1.165, 1.54) is 16.9 Å². The molecule has 2 aromatic heterocycles. The van der Waals surface area contributed by atoms with Crippen molar-refractivity contribution in [1.29, 1.82) is 0 Å². The summed E-state index contributed by atoms with van der Waals surface area (Å²) in [5.74, 6) is 0.452. The molecule has 0 bridgehead atoms. The maximum absolute atomic E-state index is 12.7. The van der Waals surface area contributed by atoms with Crippen LogP contribution in [0.3, 0.4) is 0 Å². The molecule has 0 spiro atoms. The van der Waals surface area contributed by atoms with Gasteiger partial charge in [-0.25, -0.2) is 15.0 Å². The number of aromatic nitrogens is 3. The lowest BCUT2D eigenvalue weighted by Gasteiger charge is -2.34. The van der Waals surface area contributed by atoms with Crippen molar-refractivity contribution in [1.82, 2.24) is 24.8 Å². The second-order valence-corrected chi connectivity index (χ2v) is 7.15. The molecule has 1 saturated heterocycles. The summed E-state index contributed by atoms with van der Waals surface area (Å²) in [5, 5.41) is 5.42. The Morgan fingerprint density at radius 1 is 1.04 bits per heavy atom. The van der Waals surface area contributed by atoms with Gasteiger partial charge in [0.25, 0.3) is 5.91 Å². The lowest BCUT2D eigenvalue weighted by molar-refractivity contribution is 0.0623. The van der Waals surface area contributed by atoms with Gasteiger partial charge in [0.05, 0.1) is 0 Å². The number of amides is 1. The molecule has 1 amide bonds. The molecule has 0 saturated carbocycles. The molecule has 3 heterocycles. The number of hydrogen-bond acceptors (Lipinski definition) is 7. The Labute approximate surface area is 161 Å². The Bertz CT molecular complexity index is 877. The molecule has 0 unspecified atom stereocenters. The van der Waals surface area contributed by atoms with Gasteiger partial charge in [-0.05, 0) is 11.6 Å². The van der Waals surface area contributed by atoms with Crippen molar-refractivity contribution in [2.24, 2.45) is 0 Å². The van der Waals surface area contributed by atoms with E-state index >= 15 is 0 Å². The first-order valence-electron chi connectivity index (χ1n) is 8.83. The predicted molar refractivity (Wildman–Crippen MR) is 105 cm³/mol. The van der Waals surface area contributed by atoms with Crippen molar-refractivity contribution >= 4 is 28.3 Å². The number of rotatable bonds is 5. The highest BCUT2D eigenvalue weighted by Crippen LogP contribution is 2.20. The van der Waals surface area contributed by atoms with Gasteiger partial charge in [0, 0.05) is 50.5 Å². The second kappa shape index (κ2) is 8.24. The Kier molecular flexibility index (Phi) is 5.36. The van der Waals surface area contributed by atoms with Crippen LogP contribution in [0.2, 0.25) is 0 Å². The number of piperazine rings is 1. The fourth-order valence-electron chi connectivity index (χ4n) is 3.00. The van der Waals surface area contributed by atoms with Crippen LogP contribution >= 0.6 is 11.3 Å². The molecular weight excluding hydrogens is 360 g/mol. The van der Waals surface area contributed by atoms with Crippen LogP contribution in [0, 0.1) is 0 Å². The lowest BCUT2D eigenvalue weighted by Crippen LogP contribution is -2.48. The highest BCUT2D eigenvalue weighted by Gasteiger charge is 2.24. The van der Waals surface area contributed by atoms with Crippen molar-refractivity contribution in [2.45, 2.75) is 6.54 Å². The normalized spacial score (nSPS) is 14.9. The minimum Gasteiger partial charge on any atom is -0.335 e. The van der Waals surface area contributed by atoms with Gasteiger partial charge in [0.2, 0.25) is 5.95 Å². The summed E-state index contributed by atoms with van der Waals surface area (Å²) in [6.07, 6.45) is 3.31. The number of carbonyl (C=O) groups excluding carboxylic acids is 1. The second-order valence-electron chi connectivity index (χ2n) is 6.29. The van der Waals surface area contributed by atoms with Crippen LogP contribution in [0.5, 0.6) is 0 Å². The topological polar surface area (TPSA) is 74.2 Å². The highest BCUT2D eigenvalue weighted by atomic mass is 32.1. The molecule has 1 aliphatic rings. The molecule has 7 nitrogen and oxygen atoms in total. The van der Waals surface area contributed by atoms with Gasteiger partial charge in [0.1, 0.15) is 5.69 Å². The van der Waals surface area contributed by atoms with Gasteiger partial charge in [-0.2, -0.15) is 0 Å². The Morgan fingerprint density at radius 2 is 1.78 bits per heavy atom. The maximum atomic E-state index is 12.7. The molecule has 0 aliphatic carbocycles. The zero-order valence-electron chi connectivity index (χ0n) is 14.8. The van der Waals surface area contributed by atoms with Crippen molar-refractivity contribution in [2.75, 3.05) is 31.5 Å². The zero-order chi connectivity index (χ0) is 18.5. The van der Waals surface area contributed by atoms with E-state index in [9.17, 15) is 4.79 Å². The molecule has 1 N–H and O–H groups in total. The Balaban J connectivity index is 1.32. The first-order valence-corrected chi connectivity index (χ1v) is 9.71.